The summed E-state index contributed by atoms with van der Waals surface area (Å²) in [7, 11) is 0. The molecule has 3 N–H and O–H groups in total. The van der Waals surface area contributed by atoms with Crippen LogP contribution in [0.25, 0.3) is 0 Å². The van der Waals surface area contributed by atoms with E-state index >= 15 is 0 Å². The first-order valence-electron chi connectivity index (χ1n) is 4.25. The van der Waals surface area contributed by atoms with Crippen LogP contribution in [-0.2, 0) is 0 Å². The standard InChI is InChI=1S/C9H14N4/c1-2-3-4-5-11-9-7-12-8(10)6-13-9/h2-3,6-7H,4-5H2,1H3,(H2,10,12)(H,11,13)/b3-2+. The Bertz CT molecular complexity index is 265. The number of nitrogens with zero attached hydrogens (tertiary/aromatic N) is 2. The predicted molar refractivity (Wildman–Crippen MR) is 54.4 cm³/mol. The van der Waals surface area contributed by atoms with Crippen molar-refractivity contribution in [1.29, 1.82) is 0 Å². The molecule has 0 atom stereocenters. The van der Waals surface area contributed by atoms with Crippen LogP contribution in [0.2, 0.25) is 0 Å². The zero-order valence-corrected chi connectivity index (χ0v) is 7.70. The lowest BCUT2D eigenvalue weighted by atomic mass is 10.4. The van der Waals surface area contributed by atoms with Crippen molar-refractivity contribution in [2.75, 3.05) is 17.6 Å². The molecular weight excluding hydrogens is 164 g/mol. The highest BCUT2D eigenvalue weighted by atomic mass is 15.0. The van der Waals surface area contributed by atoms with Crippen molar-refractivity contribution in [3.05, 3.63) is 24.5 Å². The van der Waals surface area contributed by atoms with Gasteiger partial charge in [0.05, 0.1) is 12.4 Å². The van der Waals surface area contributed by atoms with E-state index in [9.17, 15) is 0 Å². The Kier molecular flexibility index (Phi) is 3.75. The average Bonchev–Trinajstić information content (AvgIpc) is 2.15. The molecule has 1 aromatic rings. The van der Waals surface area contributed by atoms with E-state index in [1.165, 1.54) is 6.20 Å². The first-order valence-corrected chi connectivity index (χ1v) is 4.25. The molecule has 70 valence electrons. The molecule has 0 saturated heterocycles. The number of nitrogen functional groups attached to an aromatic ring is 1. The third-order valence-electron chi connectivity index (χ3n) is 1.52. The average molecular weight is 178 g/mol. The Morgan fingerprint density at radius 2 is 2.31 bits per heavy atom. The molecule has 1 heterocycles. The van der Waals surface area contributed by atoms with Gasteiger partial charge in [-0.15, -0.1) is 0 Å². The topological polar surface area (TPSA) is 63.8 Å². The molecule has 4 nitrogen and oxygen atoms in total. The number of nitrogens with one attached hydrogen (secondary N) is 1. The van der Waals surface area contributed by atoms with E-state index in [2.05, 4.69) is 21.4 Å². The maximum absolute atomic E-state index is 5.39. The van der Waals surface area contributed by atoms with Crippen molar-refractivity contribution in [3.63, 3.8) is 0 Å². The highest BCUT2D eigenvalue weighted by molar-refractivity contribution is 5.35. The van der Waals surface area contributed by atoms with Gasteiger partial charge in [-0.25, -0.2) is 9.97 Å². The first-order chi connectivity index (χ1) is 6.33. The van der Waals surface area contributed by atoms with Gasteiger partial charge in [0, 0.05) is 6.54 Å². The van der Waals surface area contributed by atoms with Crippen LogP contribution in [0, 0.1) is 0 Å². The van der Waals surface area contributed by atoms with Crippen LogP contribution in [0.4, 0.5) is 11.6 Å². The van der Waals surface area contributed by atoms with E-state index in [0.29, 0.717) is 5.82 Å². The monoisotopic (exact) mass is 178 g/mol. The summed E-state index contributed by atoms with van der Waals surface area (Å²) in [6, 6.07) is 0. The summed E-state index contributed by atoms with van der Waals surface area (Å²) >= 11 is 0. The molecule has 0 aliphatic rings. The molecule has 0 saturated carbocycles. The molecule has 1 rings (SSSR count). The van der Waals surface area contributed by atoms with Crippen molar-refractivity contribution in [1.82, 2.24) is 9.97 Å². The van der Waals surface area contributed by atoms with Gasteiger partial charge in [-0.1, -0.05) is 12.2 Å². The summed E-state index contributed by atoms with van der Waals surface area (Å²) in [5.41, 5.74) is 5.39. The molecule has 0 bridgehead atoms. The summed E-state index contributed by atoms with van der Waals surface area (Å²) in [5, 5.41) is 3.13. The van der Waals surface area contributed by atoms with E-state index < -0.39 is 0 Å². The molecule has 1 aromatic heterocycles. The molecule has 0 aliphatic carbocycles. The normalized spacial score (nSPS) is 10.5. The number of allylic oxidation sites excluding steroid dienone is 1. The van der Waals surface area contributed by atoms with E-state index in [-0.39, 0.29) is 0 Å². The second-order valence-electron chi connectivity index (χ2n) is 2.61. The zero-order chi connectivity index (χ0) is 9.52. The van der Waals surface area contributed by atoms with Gasteiger partial charge in [0.25, 0.3) is 0 Å². The Morgan fingerprint density at radius 3 is 2.92 bits per heavy atom. The molecule has 0 aliphatic heterocycles. The lowest BCUT2D eigenvalue weighted by Gasteiger charge is -2.02. The number of hydrogen-bond acceptors (Lipinski definition) is 4. The van der Waals surface area contributed by atoms with Crippen molar-refractivity contribution < 1.29 is 0 Å². The largest absolute Gasteiger partial charge is 0.382 e. The van der Waals surface area contributed by atoms with Gasteiger partial charge in [0.1, 0.15) is 11.6 Å². The molecule has 13 heavy (non-hydrogen) atoms. The van der Waals surface area contributed by atoms with E-state index in [0.717, 1.165) is 18.8 Å². The van der Waals surface area contributed by atoms with Crippen LogP contribution < -0.4 is 11.1 Å². The summed E-state index contributed by atoms with van der Waals surface area (Å²) in [6.07, 6.45) is 8.28. The second-order valence-corrected chi connectivity index (χ2v) is 2.61. The van der Waals surface area contributed by atoms with Crippen LogP contribution in [0.15, 0.2) is 24.5 Å². The predicted octanol–water partition coefficient (Wildman–Crippen LogP) is 1.44. The maximum Gasteiger partial charge on any atom is 0.144 e. The van der Waals surface area contributed by atoms with Gasteiger partial charge >= 0.3 is 0 Å². The van der Waals surface area contributed by atoms with E-state index in [1.54, 1.807) is 6.20 Å². The molecule has 0 aromatic carbocycles. The van der Waals surface area contributed by atoms with Gasteiger partial charge in [0.15, 0.2) is 0 Å². The third-order valence-corrected chi connectivity index (χ3v) is 1.52. The summed E-state index contributed by atoms with van der Waals surface area (Å²) in [6.45, 7) is 2.87. The Hall–Kier alpha value is -1.58. The maximum atomic E-state index is 5.39. The minimum absolute atomic E-state index is 0.444. The number of aromatic nitrogens is 2. The van der Waals surface area contributed by atoms with Gasteiger partial charge in [-0.05, 0) is 13.3 Å². The van der Waals surface area contributed by atoms with E-state index in [4.69, 9.17) is 5.73 Å². The molecule has 0 unspecified atom stereocenters. The molecule has 0 fully saturated rings. The molecule has 0 amide bonds. The third kappa shape index (κ3) is 3.55. The van der Waals surface area contributed by atoms with Gasteiger partial charge in [-0.3, -0.25) is 0 Å². The second kappa shape index (κ2) is 5.13. The summed E-state index contributed by atoms with van der Waals surface area (Å²) in [4.78, 5) is 7.97. The van der Waals surface area contributed by atoms with Crippen LogP contribution in [0.1, 0.15) is 13.3 Å². The fourth-order valence-electron chi connectivity index (χ4n) is 0.880. The molecule has 0 radical (unpaired) electrons. The number of hydrogen-bond donors (Lipinski definition) is 2. The van der Waals surface area contributed by atoms with Crippen LogP contribution >= 0.6 is 0 Å². The van der Waals surface area contributed by atoms with Crippen molar-refractivity contribution >= 4 is 11.6 Å². The van der Waals surface area contributed by atoms with Crippen molar-refractivity contribution in [2.24, 2.45) is 0 Å². The van der Waals surface area contributed by atoms with Gasteiger partial charge < -0.3 is 11.1 Å². The Morgan fingerprint density at radius 1 is 1.46 bits per heavy atom. The van der Waals surface area contributed by atoms with Crippen molar-refractivity contribution in [2.45, 2.75) is 13.3 Å². The van der Waals surface area contributed by atoms with Crippen LogP contribution in [0.3, 0.4) is 0 Å². The summed E-state index contributed by atoms with van der Waals surface area (Å²) in [5.74, 6) is 1.21. The summed E-state index contributed by atoms with van der Waals surface area (Å²) < 4.78 is 0. The molecule has 4 heteroatoms. The zero-order valence-electron chi connectivity index (χ0n) is 7.70. The lowest BCUT2D eigenvalue weighted by molar-refractivity contribution is 1.04. The minimum Gasteiger partial charge on any atom is -0.382 e. The SMILES string of the molecule is C/C=C/CCNc1cnc(N)cn1. The van der Waals surface area contributed by atoms with Gasteiger partial charge in [0.2, 0.25) is 0 Å². The Balaban J connectivity index is 2.33. The first kappa shape index (κ1) is 9.51. The van der Waals surface area contributed by atoms with Crippen molar-refractivity contribution in [3.8, 4) is 0 Å². The highest BCUT2D eigenvalue weighted by Crippen LogP contribution is 2.01. The Labute approximate surface area is 77.9 Å². The fraction of sp³-hybridized carbons (Fsp3) is 0.333. The van der Waals surface area contributed by atoms with E-state index in [1.807, 2.05) is 13.0 Å². The fourth-order valence-corrected chi connectivity index (χ4v) is 0.880. The molecular formula is C9H14N4. The highest BCUT2D eigenvalue weighted by Gasteiger charge is 1.91. The quantitative estimate of drug-likeness (QED) is 0.541. The smallest absolute Gasteiger partial charge is 0.144 e. The van der Waals surface area contributed by atoms with Crippen LogP contribution in [0.5, 0.6) is 0 Å². The van der Waals surface area contributed by atoms with Crippen LogP contribution in [-0.4, -0.2) is 16.5 Å². The van der Waals surface area contributed by atoms with Gasteiger partial charge in [-0.2, -0.15) is 0 Å². The molecule has 0 spiro atoms. The number of anilines is 2. The number of nitrogens with two attached hydrogens (primary N) is 1. The number of rotatable bonds is 4. The lowest BCUT2D eigenvalue weighted by Crippen LogP contribution is -2.03. The minimum atomic E-state index is 0.444.